The minimum absolute atomic E-state index is 0. The monoisotopic (exact) mass is 447 g/mol. The molecule has 1 aliphatic rings. The van der Waals surface area contributed by atoms with Crippen LogP contribution in [0.3, 0.4) is 0 Å². The second-order valence-electron chi connectivity index (χ2n) is 5.95. The molecule has 0 unspecified atom stereocenters. The van der Waals surface area contributed by atoms with Gasteiger partial charge < -0.3 is 20.5 Å². The Morgan fingerprint density at radius 1 is 1.17 bits per heavy atom. The second-order valence-corrected chi connectivity index (χ2v) is 5.95. The first kappa shape index (κ1) is 20.8. The van der Waals surface area contributed by atoms with Gasteiger partial charge in [0.05, 0.1) is 0 Å². The third-order valence-corrected chi connectivity index (χ3v) is 4.02. The summed E-state index contributed by atoms with van der Waals surface area (Å²) < 4.78 is 2.10. The molecule has 136 valence electrons. The maximum absolute atomic E-state index is 12.0. The van der Waals surface area contributed by atoms with E-state index in [4.69, 9.17) is 0 Å². The number of carbonyl (C=O) groups is 1. The molecule has 0 radical (unpaired) electrons. The van der Waals surface area contributed by atoms with E-state index in [1.165, 1.54) is 19.3 Å². The molecule has 0 aliphatic heterocycles. The van der Waals surface area contributed by atoms with Crippen LogP contribution in [0.2, 0.25) is 0 Å². The van der Waals surface area contributed by atoms with Gasteiger partial charge in [0, 0.05) is 38.1 Å². The van der Waals surface area contributed by atoms with Gasteiger partial charge in [0.15, 0.2) is 5.96 Å². The highest BCUT2D eigenvalue weighted by Crippen LogP contribution is 2.17. The average Bonchev–Trinajstić information content (AvgIpc) is 3.07. The molecule has 24 heavy (non-hydrogen) atoms. The van der Waals surface area contributed by atoms with Crippen molar-refractivity contribution >= 4 is 35.8 Å². The van der Waals surface area contributed by atoms with Crippen molar-refractivity contribution in [3.63, 3.8) is 0 Å². The summed E-state index contributed by atoms with van der Waals surface area (Å²) in [6.07, 6.45) is 10.00. The number of aliphatic imine (C=N–C) groups is 1. The van der Waals surface area contributed by atoms with Gasteiger partial charge in [0.25, 0.3) is 0 Å². The fraction of sp³-hybridized carbons (Fsp3) is 0.647. The first-order valence-electron chi connectivity index (χ1n) is 8.70. The fourth-order valence-corrected chi connectivity index (χ4v) is 2.84. The van der Waals surface area contributed by atoms with E-state index in [2.05, 4.69) is 25.5 Å². The van der Waals surface area contributed by atoms with E-state index in [1.807, 2.05) is 31.5 Å². The number of nitrogens with one attached hydrogen (secondary N) is 3. The van der Waals surface area contributed by atoms with Gasteiger partial charge in [0.1, 0.15) is 6.54 Å². The Bertz CT molecular complexity index is 483. The molecule has 1 aromatic rings. The highest BCUT2D eigenvalue weighted by molar-refractivity contribution is 14.0. The van der Waals surface area contributed by atoms with Gasteiger partial charge >= 0.3 is 0 Å². The first-order chi connectivity index (χ1) is 11.3. The van der Waals surface area contributed by atoms with Gasteiger partial charge in [-0.25, -0.2) is 4.99 Å². The van der Waals surface area contributed by atoms with Crippen LogP contribution in [0.5, 0.6) is 0 Å². The van der Waals surface area contributed by atoms with Gasteiger partial charge in [0.2, 0.25) is 5.91 Å². The molecular formula is C17H30IN5O. The lowest BCUT2D eigenvalue weighted by Gasteiger charge is -2.22. The normalized spacial score (nSPS) is 15.5. The number of guanidine groups is 1. The zero-order valence-corrected chi connectivity index (χ0v) is 16.8. The van der Waals surface area contributed by atoms with Crippen LogP contribution in [0, 0.1) is 0 Å². The number of rotatable bonds is 7. The SMILES string of the molecule is CCNC(=NCC(=O)NC1CCCCC1)NCCn1cccc1.I. The molecule has 6 nitrogen and oxygen atoms in total. The van der Waals surface area contributed by atoms with Crippen LogP contribution in [-0.2, 0) is 11.3 Å². The highest BCUT2D eigenvalue weighted by Gasteiger charge is 2.15. The van der Waals surface area contributed by atoms with Crippen molar-refractivity contribution in [1.29, 1.82) is 0 Å². The van der Waals surface area contributed by atoms with Gasteiger partial charge in [-0.1, -0.05) is 19.3 Å². The number of carbonyl (C=O) groups excluding carboxylic acids is 1. The molecule has 1 saturated carbocycles. The molecule has 0 aromatic carbocycles. The van der Waals surface area contributed by atoms with E-state index in [1.54, 1.807) is 0 Å². The molecule has 7 heteroatoms. The van der Waals surface area contributed by atoms with E-state index < -0.39 is 0 Å². The molecule has 1 heterocycles. The lowest BCUT2D eigenvalue weighted by Crippen LogP contribution is -2.41. The molecule has 2 rings (SSSR count). The number of halogens is 1. The summed E-state index contributed by atoms with van der Waals surface area (Å²) in [7, 11) is 0. The van der Waals surface area contributed by atoms with E-state index in [0.29, 0.717) is 12.0 Å². The minimum Gasteiger partial charge on any atom is -0.357 e. The van der Waals surface area contributed by atoms with Crippen LogP contribution in [0.25, 0.3) is 0 Å². The Labute approximate surface area is 161 Å². The molecule has 0 bridgehead atoms. The molecule has 0 atom stereocenters. The summed E-state index contributed by atoms with van der Waals surface area (Å²) in [5, 5.41) is 9.52. The van der Waals surface area contributed by atoms with Crippen molar-refractivity contribution in [2.45, 2.75) is 51.6 Å². The number of hydrogen-bond acceptors (Lipinski definition) is 2. The molecular weight excluding hydrogens is 417 g/mol. The molecule has 0 spiro atoms. The Hall–Kier alpha value is -1.25. The predicted molar refractivity (Wildman–Crippen MR) is 109 cm³/mol. The van der Waals surface area contributed by atoms with E-state index >= 15 is 0 Å². The molecule has 1 fully saturated rings. The number of nitrogens with zero attached hydrogens (tertiary/aromatic N) is 2. The Kier molecular flexibility index (Phi) is 10.5. The predicted octanol–water partition coefficient (Wildman–Crippen LogP) is 2.11. The maximum atomic E-state index is 12.0. The van der Waals surface area contributed by atoms with Crippen LogP contribution >= 0.6 is 24.0 Å². The summed E-state index contributed by atoms with van der Waals surface area (Å²) in [6, 6.07) is 4.36. The zero-order chi connectivity index (χ0) is 16.3. The van der Waals surface area contributed by atoms with E-state index in [0.717, 1.165) is 32.5 Å². The molecule has 1 amide bonds. The zero-order valence-electron chi connectivity index (χ0n) is 14.5. The van der Waals surface area contributed by atoms with Crippen molar-refractivity contribution < 1.29 is 4.79 Å². The molecule has 3 N–H and O–H groups in total. The summed E-state index contributed by atoms with van der Waals surface area (Å²) in [4.78, 5) is 16.4. The standard InChI is InChI=1S/C17H29N5O.HI/c1-2-18-17(19-10-13-22-11-6-7-12-22)20-14-16(23)21-15-8-4-3-5-9-15;/h6-7,11-12,15H,2-5,8-10,13-14H2,1H3,(H,21,23)(H2,18,19,20);1H. The second kappa shape index (κ2) is 12.2. The van der Waals surface area contributed by atoms with Crippen LogP contribution in [0.15, 0.2) is 29.5 Å². The Morgan fingerprint density at radius 3 is 2.54 bits per heavy atom. The van der Waals surface area contributed by atoms with Crippen molar-refractivity contribution in [3.05, 3.63) is 24.5 Å². The summed E-state index contributed by atoms with van der Waals surface area (Å²) in [5.74, 6) is 0.706. The fourth-order valence-electron chi connectivity index (χ4n) is 2.84. The van der Waals surface area contributed by atoms with Gasteiger partial charge in [-0.05, 0) is 31.9 Å². The number of aromatic nitrogens is 1. The van der Waals surface area contributed by atoms with Crippen molar-refractivity contribution in [1.82, 2.24) is 20.5 Å². The lowest BCUT2D eigenvalue weighted by molar-refractivity contribution is -0.120. The van der Waals surface area contributed by atoms with Crippen molar-refractivity contribution in [2.75, 3.05) is 19.6 Å². The topological polar surface area (TPSA) is 70.4 Å². The Morgan fingerprint density at radius 2 is 1.88 bits per heavy atom. The van der Waals surface area contributed by atoms with Crippen LogP contribution in [-0.4, -0.2) is 42.1 Å². The summed E-state index contributed by atoms with van der Waals surface area (Å²) in [5.41, 5.74) is 0. The van der Waals surface area contributed by atoms with Crippen molar-refractivity contribution in [3.8, 4) is 0 Å². The maximum Gasteiger partial charge on any atom is 0.242 e. The van der Waals surface area contributed by atoms with Crippen LogP contribution in [0.1, 0.15) is 39.0 Å². The van der Waals surface area contributed by atoms with Crippen LogP contribution < -0.4 is 16.0 Å². The smallest absolute Gasteiger partial charge is 0.242 e. The van der Waals surface area contributed by atoms with E-state index in [-0.39, 0.29) is 36.4 Å². The molecule has 0 saturated heterocycles. The molecule has 1 aliphatic carbocycles. The number of amides is 1. The molecule has 1 aromatic heterocycles. The average molecular weight is 447 g/mol. The third-order valence-electron chi connectivity index (χ3n) is 4.02. The lowest BCUT2D eigenvalue weighted by atomic mass is 9.95. The van der Waals surface area contributed by atoms with E-state index in [9.17, 15) is 4.79 Å². The van der Waals surface area contributed by atoms with Gasteiger partial charge in [-0.15, -0.1) is 24.0 Å². The largest absolute Gasteiger partial charge is 0.357 e. The summed E-state index contributed by atoms with van der Waals surface area (Å²) in [6.45, 7) is 4.61. The highest BCUT2D eigenvalue weighted by atomic mass is 127. The Balaban J connectivity index is 0.00000288. The summed E-state index contributed by atoms with van der Waals surface area (Å²) >= 11 is 0. The minimum atomic E-state index is 0. The quantitative estimate of drug-likeness (QED) is 0.341. The number of hydrogen-bond donors (Lipinski definition) is 3. The van der Waals surface area contributed by atoms with Crippen molar-refractivity contribution in [2.24, 2.45) is 4.99 Å². The first-order valence-corrected chi connectivity index (χ1v) is 8.70. The van der Waals surface area contributed by atoms with Gasteiger partial charge in [-0.3, -0.25) is 4.79 Å². The van der Waals surface area contributed by atoms with Crippen LogP contribution in [0.4, 0.5) is 0 Å². The third kappa shape index (κ3) is 8.03. The van der Waals surface area contributed by atoms with Gasteiger partial charge in [-0.2, -0.15) is 0 Å².